The number of ether oxygens (including phenoxy) is 2. The van der Waals surface area contributed by atoms with Gasteiger partial charge >= 0.3 is 0 Å². The topological polar surface area (TPSA) is 44.5 Å². The van der Waals surface area contributed by atoms with Crippen molar-refractivity contribution in [3.8, 4) is 11.5 Å². The molecule has 3 heteroatoms. The molecule has 17 heavy (non-hydrogen) atoms. The van der Waals surface area contributed by atoms with Crippen LogP contribution in [0.1, 0.15) is 32.8 Å². The molecule has 1 atom stereocenters. The number of rotatable bonds is 2. The number of hydrogen-bond donors (Lipinski definition) is 1. The molecule has 0 aromatic heterocycles. The Morgan fingerprint density at radius 3 is 2.47 bits per heavy atom. The van der Waals surface area contributed by atoms with Gasteiger partial charge in [-0.2, -0.15) is 0 Å². The van der Waals surface area contributed by atoms with Crippen LogP contribution < -0.4 is 15.2 Å². The lowest BCUT2D eigenvalue weighted by atomic mass is 9.82. The van der Waals surface area contributed by atoms with E-state index in [9.17, 15) is 0 Å². The van der Waals surface area contributed by atoms with Crippen LogP contribution in [-0.2, 0) is 5.54 Å². The van der Waals surface area contributed by atoms with Gasteiger partial charge in [-0.15, -0.1) is 0 Å². The minimum atomic E-state index is -0.343. The van der Waals surface area contributed by atoms with E-state index in [0.29, 0.717) is 12.5 Å². The lowest BCUT2D eigenvalue weighted by Gasteiger charge is -2.30. The Labute approximate surface area is 103 Å². The lowest BCUT2D eigenvalue weighted by Crippen LogP contribution is -2.38. The van der Waals surface area contributed by atoms with Crippen LogP contribution in [-0.4, -0.2) is 13.2 Å². The van der Waals surface area contributed by atoms with Crippen LogP contribution >= 0.6 is 0 Å². The summed E-state index contributed by atoms with van der Waals surface area (Å²) in [5.74, 6) is 2.01. The third kappa shape index (κ3) is 2.39. The van der Waals surface area contributed by atoms with Gasteiger partial charge in [-0.25, -0.2) is 0 Å². The highest BCUT2D eigenvalue weighted by Gasteiger charge is 2.26. The van der Waals surface area contributed by atoms with Gasteiger partial charge in [0.1, 0.15) is 0 Å². The largest absolute Gasteiger partial charge is 0.490 e. The summed E-state index contributed by atoms with van der Waals surface area (Å²) in [6, 6.07) is 6.01. The van der Waals surface area contributed by atoms with Gasteiger partial charge in [-0.3, -0.25) is 0 Å². The molecule has 2 rings (SSSR count). The molecule has 1 aromatic carbocycles. The molecule has 0 amide bonds. The quantitative estimate of drug-likeness (QED) is 0.857. The number of hydrogen-bond acceptors (Lipinski definition) is 3. The Bertz CT molecular complexity index is 399. The SMILES string of the molecule is CC(C)C(C)(N)c1ccc2c(c1)OCCCO2. The van der Waals surface area contributed by atoms with E-state index in [-0.39, 0.29) is 5.54 Å². The third-order valence-corrected chi connectivity index (χ3v) is 3.57. The predicted molar refractivity (Wildman–Crippen MR) is 68.4 cm³/mol. The summed E-state index contributed by atoms with van der Waals surface area (Å²) in [6.45, 7) is 7.73. The van der Waals surface area contributed by atoms with Gasteiger partial charge in [0.05, 0.1) is 13.2 Å². The predicted octanol–water partition coefficient (Wildman–Crippen LogP) is 2.68. The van der Waals surface area contributed by atoms with Gasteiger partial charge in [-0.05, 0) is 30.5 Å². The summed E-state index contributed by atoms with van der Waals surface area (Å²) in [5.41, 5.74) is 7.11. The van der Waals surface area contributed by atoms with Gasteiger partial charge in [0.15, 0.2) is 11.5 Å². The maximum absolute atomic E-state index is 6.36. The van der Waals surface area contributed by atoms with E-state index in [1.54, 1.807) is 0 Å². The molecule has 0 saturated heterocycles. The maximum Gasteiger partial charge on any atom is 0.161 e. The number of fused-ring (bicyclic) bond motifs is 1. The van der Waals surface area contributed by atoms with E-state index in [0.717, 1.165) is 30.1 Å². The van der Waals surface area contributed by atoms with Crippen molar-refractivity contribution in [1.29, 1.82) is 0 Å². The number of nitrogens with two attached hydrogens (primary N) is 1. The van der Waals surface area contributed by atoms with Crippen molar-refractivity contribution in [3.63, 3.8) is 0 Å². The second kappa shape index (κ2) is 4.57. The van der Waals surface area contributed by atoms with Crippen LogP contribution in [0, 0.1) is 5.92 Å². The molecule has 1 aliphatic rings. The van der Waals surface area contributed by atoms with Crippen LogP contribution in [0.5, 0.6) is 11.5 Å². The van der Waals surface area contributed by atoms with E-state index in [1.165, 1.54) is 0 Å². The maximum atomic E-state index is 6.36. The molecule has 94 valence electrons. The Hall–Kier alpha value is -1.22. The van der Waals surface area contributed by atoms with Crippen LogP contribution in [0.2, 0.25) is 0 Å². The van der Waals surface area contributed by atoms with Crippen molar-refractivity contribution in [1.82, 2.24) is 0 Å². The molecule has 0 fully saturated rings. The molecule has 1 heterocycles. The van der Waals surface area contributed by atoms with Crippen LogP contribution in [0.25, 0.3) is 0 Å². The second-order valence-corrected chi connectivity index (χ2v) is 5.15. The highest BCUT2D eigenvalue weighted by molar-refractivity contribution is 5.45. The zero-order valence-corrected chi connectivity index (χ0v) is 10.8. The number of benzene rings is 1. The molecule has 0 aliphatic carbocycles. The first-order valence-corrected chi connectivity index (χ1v) is 6.21. The Kier molecular flexibility index (Phi) is 3.29. The fourth-order valence-electron chi connectivity index (χ4n) is 1.83. The molecule has 1 aromatic rings. The first kappa shape index (κ1) is 12.2. The Balaban J connectivity index is 2.35. The molecule has 0 spiro atoms. The highest BCUT2D eigenvalue weighted by Crippen LogP contribution is 2.35. The van der Waals surface area contributed by atoms with E-state index >= 15 is 0 Å². The van der Waals surface area contributed by atoms with Crippen LogP contribution in [0.3, 0.4) is 0 Å². The smallest absolute Gasteiger partial charge is 0.161 e. The fourth-order valence-corrected chi connectivity index (χ4v) is 1.83. The van der Waals surface area contributed by atoms with Crippen molar-refractivity contribution in [2.45, 2.75) is 32.7 Å². The first-order valence-electron chi connectivity index (χ1n) is 6.21. The molecular formula is C14H21NO2. The summed E-state index contributed by atoms with van der Waals surface area (Å²) in [7, 11) is 0. The Morgan fingerprint density at radius 2 is 1.82 bits per heavy atom. The van der Waals surface area contributed by atoms with Gasteiger partial charge < -0.3 is 15.2 Å². The average Bonchev–Trinajstić information content (AvgIpc) is 2.52. The summed E-state index contributed by atoms with van der Waals surface area (Å²) in [6.07, 6.45) is 0.925. The van der Waals surface area contributed by atoms with E-state index in [4.69, 9.17) is 15.2 Å². The van der Waals surface area contributed by atoms with E-state index in [2.05, 4.69) is 20.8 Å². The second-order valence-electron chi connectivity index (χ2n) is 5.15. The highest BCUT2D eigenvalue weighted by atomic mass is 16.5. The molecule has 1 unspecified atom stereocenters. The van der Waals surface area contributed by atoms with Crippen molar-refractivity contribution < 1.29 is 9.47 Å². The van der Waals surface area contributed by atoms with Crippen LogP contribution in [0.4, 0.5) is 0 Å². The van der Waals surface area contributed by atoms with Crippen molar-refractivity contribution in [2.24, 2.45) is 11.7 Å². The Morgan fingerprint density at radius 1 is 1.18 bits per heavy atom. The van der Waals surface area contributed by atoms with E-state index < -0.39 is 0 Å². The zero-order valence-electron chi connectivity index (χ0n) is 10.8. The van der Waals surface area contributed by atoms with Gasteiger partial charge in [-0.1, -0.05) is 19.9 Å². The fraction of sp³-hybridized carbons (Fsp3) is 0.571. The molecule has 0 bridgehead atoms. The standard InChI is InChI=1S/C14H21NO2/c1-10(2)14(3,15)11-5-6-12-13(9-11)17-8-4-7-16-12/h5-6,9-10H,4,7-8,15H2,1-3H3. The monoisotopic (exact) mass is 235 g/mol. The molecule has 3 nitrogen and oxygen atoms in total. The summed E-state index contributed by atoms with van der Waals surface area (Å²) in [4.78, 5) is 0. The molecule has 0 saturated carbocycles. The molecule has 1 aliphatic heterocycles. The molecule has 0 radical (unpaired) electrons. The van der Waals surface area contributed by atoms with Crippen molar-refractivity contribution in [2.75, 3.05) is 13.2 Å². The van der Waals surface area contributed by atoms with Gasteiger partial charge in [0.2, 0.25) is 0 Å². The van der Waals surface area contributed by atoms with E-state index in [1.807, 2.05) is 18.2 Å². The lowest BCUT2D eigenvalue weighted by molar-refractivity contribution is 0.296. The van der Waals surface area contributed by atoms with Crippen LogP contribution in [0.15, 0.2) is 18.2 Å². The normalized spacial score (nSPS) is 18.6. The van der Waals surface area contributed by atoms with Gasteiger partial charge in [0, 0.05) is 12.0 Å². The van der Waals surface area contributed by atoms with Crippen molar-refractivity contribution >= 4 is 0 Å². The van der Waals surface area contributed by atoms with Gasteiger partial charge in [0.25, 0.3) is 0 Å². The zero-order chi connectivity index (χ0) is 12.5. The minimum Gasteiger partial charge on any atom is -0.490 e. The third-order valence-electron chi connectivity index (χ3n) is 3.57. The van der Waals surface area contributed by atoms with Crippen molar-refractivity contribution in [3.05, 3.63) is 23.8 Å². The summed E-state index contributed by atoms with van der Waals surface area (Å²) < 4.78 is 11.3. The summed E-state index contributed by atoms with van der Waals surface area (Å²) in [5, 5.41) is 0. The molecule has 2 N–H and O–H groups in total. The molecular weight excluding hydrogens is 214 g/mol. The summed E-state index contributed by atoms with van der Waals surface area (Å²) >= 11 is 0. The first-order chi connectivity index (χ1) is 8.01. The average molecular weight is 235 g/mol. The minimum absolute atomic E-state index is 0.343.